The molecule has 0 radical (unpaired) electrons. The van der Waals surface area contributed by atoms with Crippen molar-refractivity contribution in [3.05, 3.63) is 108 Å². The van der Waals surface area contributed by atoms with E-state index >= 15 is 0 Å². The molecule has 1 saturated heterocycles. The fourth-order valence-electron chi connectivity index (χ4n) is 5.53. The number of nitrogens with zero attached hydrogens (tertiary/aromatic N) is 2. The van der Waals surface area contributed by atoms with Crippen LogP contribution in [0.2, 0.25) is 0 Å². The zero-order chi connectivity index (χ0) is 38.1. The molecule has 3 heterocycles. The fourth-order valence-corrected chi connectivity index (χ4v) is 5.53. The number of halogens is 6. The normalized spacial score (nSPS) is 14.5. The number of aromatic nitrogens is 3. The first kappa shape index (κ1) is 39.0. The third-order valence-electron chi connectivity index (χ3n) is 7.95. The van der Waals surface area contributed by atoms with E-state index in [4.69, 9.17) is 24.5 Å². The van der Waals surface area contributed by atoms with Crippen LogP contribution in [0.5, 0.6) is 5.75 Å². The Kier molecular flexibility index (Phi) is 12.7. The topological polar surface area (TPSA) is 161 Å². The number of aromatic amines is 2. The van der Waals surface area contributed by atoms with Gasteiger partial charge in [-0.2, -0.15) is 31.4 Å². The summed E-state index contributed by atoms with van der Waals surface area (Å²) < 4.78 is 68.8. The van der Waals surface area contributed by atoms with Crippen molar-refractivity contribution < 1.29 is 55.7 Å². The minimum Gasteiger partial charge on any atom is -0.497 e. The van der Waals surface area contributed by atoms with Crippen LogP contribution in [0.3, 0.4) is 0 Å². The lowest BCUT2D eigenvalue weighted by molar-refractivity contribution is -0.193. The number of nitrogens with one attached hydrogen (secondary N) is 3. The van der Waals surface area contributed by atoms with E-state index in [0.29, 0.717) is 24.8 Å². The molecule has 1 fully saturated rings. The van der Waals surface area contributed by atoms with Crippen LogP contribution < -0.4 is 10.1 Å². The second-order valence-electron chi connectivity index (χ2n) is 11.4. The lowest BCUT2D eigenvalue weighted by Crippen LogP contribution is -2.27. The number of hydrogen-bond acceptors (Lipinski definition) is 6. The molecule has 52 heavy (non-hydrogen) atoms. The molecule has 1 amide bonds. The van der Waals surface area contributed by atoms with E-state index in [1.54, 1.807) is 7.11 Å². The molecule has 0 bridgehead atoms. The van der Waals surface area contributed by atoms with Crippen LogP contribution in [0.1, 0.15) is 46.1 Å². The summed E-state index contributed by atoms with van der Waals surface area (Å²) in [7, 11) is 1.65. The Morgan fingerprint density at radius 1 is 0.923 bits per heavy atom. The monoisotopic (exact) mass is 733 g/mol. The number of rotatable bonds is 8. The van der Waals surface area contributed by atoms with Crippen molar-refractivity contribution in [1.82, 2.24) is 25.4 Å². The summed E-state index contributed by atoms with van der Waals surface area (Å²) in [5.74, 6) is -4.85. The van der Waals surface area contributed by atoms with Gasteiger partial charge in [0.05, 0.1) is 13.3 Å². The molecular formula is C35H33F6N5O6. The van der Waals surface area contributed by atoms with E-state index in [1.165, 1.54) is 5.56 Å². The van der Waals surface area contributed by atoms with Crippen molar-refractivity contribution in [2.75, 3.05) is 13.7 Å². The molecule has 0 aliphatic carbocycles. The van der Waals surface area contributed by atoms with Crippen molar-refractivity contribution in [3.8, 4) is 16.9 Å². The minimum absolute atomic E-state index is 0.112. The third-order valence-corrected chi connectivity index (χ3v) is 7.95. The van der Waals surface area contributed by atoms with Gasteiger partial charge in [-0.1, -0.05) is 54.6 Å². The lowest BCUT2D eigenvalue weighted by atomic mass is 10.0. The second-order valence-corrected chi connectivity index (χ2v) is 11.4. The maximum Gasteiger partial charge on any atom is 0.490 e. The third kappa shape index (κ3) is 10.3. The Hall–Kier alpha value is -5.84. The van der Waals surface area contributed by atoms with Crippen molar-refractivity contribution in [3.63, 3.8) is 0 Å². The van der Waals surface area contributed by atoms with Crippen molar-refractivity contribution in [2.45, 2.75) is 44.3 Å². The van der Waals surface area contributed by atoms with E-state index in [2.05, 4.69) is 73.9 Å². The number of H-pyrrole nitrogens is 2. The summed E-state index contributed by atoms with van der Waals surface area (Å²) in [6.45, 7) is 2.12. The number of carbonyl (C=O) groups excluding carboxylic acids is 1. The maximum atomic E-state index is 13.6. The van der Waals surface area contributed by atoms with E-state index in [-0.39, 0.29) is 5.91 Å². The summed E-state index contributed by atoms with van der Waals surface area (Å²) in [5, 5.41) is 25.4. The number of benzene rings is 3. The number of carboxylic acid groups (broad SMARTS) is 2. The molecule has 1 aliphatic rings. The second kappa shape index (κ2) is 16.9. The highest BCUT2D eigenvalue weighted by Crippen LogP contribution is 2.36. The van der Waals surface area contributed by atoms with Crippen molar-refractivity contribution in [1.29, 1.82) is 0 Å². The van der Waals surface area contributed by atoms with Gasteiger partial charge in [0.25, 0.3) is 5.91 Å². The van der Waals surface area contributed by atoms with Gasteiger partial charge < -0.3 is 25.3 Å². The van der Waals surface area contributed by atoms with Gasteiger partial charge >= 0.3 is 24.3 Å². The van der Waals surface area contributed by atoms with Gasteiger partial charge in [-0.15, -0.1) is 0 Å². The molecule has 5 N–H and O–H groups in total. The van der Waals surface area contributed by atoms with Gasteiger partial charge in [0, 0.05) is 47.4 Å². The average molecular weight is 734 g/mol. The summed E-state index contributed by atoms with van der Waals surface area (Å²) in [6, 6.07) is 25.1. The zero-order valence-electron chi connectivity index (χ0n) is 27.4. The molecule has 11 nitrogen and oxygen atoms in total. The number of methoxy groups -OCH3 is 1. The van der Waals surface area contributed by atoms with Gasteiger partial charge in [0.2, 0.25) is 0 Å². The van der Waals surface area contributed by atoms with Gasteiger partial charge in [0.15, 0.2) is 0 Å². The van der Waals surface area contributed by atoms with Crippen LogP contribution in [-0.2, 0) is 22.7 Å². The quantitative estimate of drug-likeness (QED) is 0.106. The molecule has 276 valence electrons. The van der Waals surface area contributed by atoms with Crippen LogP contribution in [0, 0.1) is 0 Å². The highest BCUT2D eigenvalue weighted by atomic mass is 19.4. The molecule has 1 aliphatic heterocycles. The summed E-state index contributed by atoms with van der Waals surface area (Å²) >= 11 is 0. The molecule has 0 spiro atoms. The minimum atomic E-state index is -5.08. The van der Waals surface area contributed by atoms with Gasteiger partial charge in [-0.25, -0.2) is 9.59 Å². The van der Waals surface area contributed by atoms with E-state index < -0.39 is 24.3 Å². The highest BCUT2D eigenvalue weighted by molar-refractivity contribution is 6.01. The Labute approximate surface area is 292 Å². The van der Waals surface area contributed by atoms with E-state index in [1.807, 2.05) is 36.7 Å². The van der Waals surface area contributed by atoms with Crippen LogP contribution >= 0.6 is 0 Å². The Morgan fingerprint density at radius 2 is 1.60 bits per heavy atom. The Bertz CT molecular complexity index is 1940. The Balaban J connectivity index is 0.000000367. The molecule has 3 aromatic carbocycles. The highest BCUT2D eigenvalue weighted by Gasteiger charge is 2.39. The van der Waals surface area contributed by atoms with Crippen LogP contribution in [0.25, 0.3) is 22.0 Å². The summed E-state index contributed by atoms with van der Waals surface area (Å²) in [6.07, 6.45) is -4.22. The number of amides is 1. The molecule has 1 unspecified atom stereocenters. The first-order valence-electron chi connectivity index (χ1n) is 15.5. The molecular weight excluding hydrogens is 700 g/mol. The number of likely N-dealkylation sites (tertiary alicyclic amines) is 1. The molecule has 0 saturated carbocycles. The zero-order valence-corrected chi connectivity index (χ0v) is 27.4. The Morgan fingerprint density at radius 3 is 2.19 bits per heavy atom. The number of hydrogen-bond donors (Lipinski definition) is 5. The first-order chi connectivity index (χ1) is 24.6. The summed E-state index contributed by atoms with van der Waals surface area (Å²) in [5.41, 5.74) is 6.97. The number of fused-ring (bicyclic) bond motifs is 1. The number of ether oxygens (including phenoxy) is 1. The largest absolute Gasteiger partial charge is 0.497 e. The van der Waals surface area contributed by atoms with E-state index in [9.17, 15) is 31.1 Å². The number of alkyl halides is 6. The molecule has 17 heteroatoms. The van der Waals surface area contributed by atoms with Gasteiger partial charge in [-0.3, -0.25) is 14.8 Å². The van der Waals surface area contributed by atoms with Crippen LogP contribution in [0.4, 0.5) is 26.3 Å². The molecule has 6 rings (SSSR count). The first-order valence-corrected chi connectivity index (χ1v) is 15.5. The smallest absolute Gasteiger partial charge is 0.490 e. The maximum absolute atomic E-state index is 13.6. The number of aliphatic carboxylic acids is 2. The average Bonchev–Trinajstić information content (AvgIpc) is 3.89. The summed E-state index contributed by atoms with van der Waals surface area (Å²) in [4.78, 5) is 37.3. The van der Waals surface area contributed by atoms with Crippen LogP contribution in [-0.4, -0.2) is 74.1 Å². The van der Waals surface area contributed by atoms with Gasteiger partial charge in [0.1, 0.15) is 11.4 Å². The molecule has 2 aromatic heterocycles. The predicted octanol–water partition coefficient (Wildman–Crippen LogP) is 7.10. The van der Waals surface area contributed by atoms with E-state index in [0.717, 1.165) is 58.3 Å². The number of carbonyl (C=O) groups is 3. The molecule has 1 atom stereocenters. The lowest BCUT2D eigenvalue weighted by Gasteiger charge is -2.25. The SMILES string of the molecule is COc1cccc(CNC(=O)c2[nH]c3cc(-c4cn[nH]c4)ccc3c2CN2CCCC2c2ccccc2)c1.O=C(O)C(F)(F)F.O=C(O)C(F)(F)F. The van der Waals surface area contributed by atoms with Gasteiger partial charge in [-0.05, 0) is 54.3 Å². The van der Waals surface area contributed by atoms with Crippen molar-refractivity contribution >= 4 is 28.7 Å². The van der Waals surface area contributed by atoms with Crippen molar-refractivity contribution in [2.24, 2.45) is 0 Å². The molecule has 5 aromatic rings. The fraction of sp³-hybridized carbons (Fsp3) is 0.257. The standard InChI is InChI=1S/C31H31N5O2.2C2HF3O2/c1-38-25-10-5-7-21(15-25)17-32-31(37)30-27(20-36-14-6-11-29(36)22-8-3-2-4-9-22)26-13-12-23(16-28(26)35-30)24-18-33-34-19-24;2*3-2(4,5)1(6)7/h2-5,7-10,12-13,15-16,18-19,29,35H,6,11,14,17,20H2,1H3,(H,32,37)(H,33,34);2*(H,6,7). The predicted molar refractivity (Wildman–Crippen MR) is 176 cm³/mol. The van der Waals surface area contributed by atoms with Crippen LogP contribution in [0.15, 0.2) is 85.2 Å². The number of carboxylic acids is 2.